The number of amides is 2. The second-order valence-corrected chi connectivity index (χ2v) is 8.08. The quantitative estimate of drug-likeness (QED) is 0.912. The van der Waals surface area contributed by atoms with Crippen molar-refractivity contribution in [2.75, 3.05) is 27.2 Å². The fraction of sp³-hybridized carbons (Fsp3) is 0.562. The van der Waals surface area contributed by atoms with E-state index in [0.717, 1.165) is 38.8 Å². The molecule has 1 saturated heterocycles. The lowest BCUT2D eigenvalue weighted by atomic mass is 10.2. The predicted molar refractivity (Wildman–Crippen MR) is 89.6 cm³/mol. The molecule has 0 unspecified atom stereocenters. The largest absolute Gasteiger partial charge is 0.334 e. The van der Waals surface area contributed by atoms with Crippen LogP contribution in [0.4, 0.5) is 4.79 Å². The normalized spacial score (nSPS) is 16.2. The molecule has 7 heteroatoms. The van der Waals surface area contributed by atoms with Crippen molar-refractivity contribution in [2.24, 2.45) is 0 Å². The van der Waals surface area contributed by atoms with E-state index in [1.807, 2.05) is 4.90 Å². The minimum atomic E-state index is -3.52. The van der Waals surface area contributed by atoms with Crippen molar-refractivity contribution in [3.8, 4) is 0 Å². The van der Waals surface area contributed by atoms with Gasteiger partial charge < -0.3 is 10.2 Å². The van der Waals surface area contributed by atoms with Gasteiger partial charge in [0.1, 0.15) is 0 Å². The van der Waals surface area contributed by atoms with Crippen LogP contribution < -0.4 is 5.32 Å². The molecular weight excluding hydrogens is 314 g/mol. The van der Waals surface area contributed by atoms with E-state index in [1.54, 1.807) is 24.3 Å². The highest BCUT2D eigenvalue weighted by Crippen LogP contribution is 2.18. The highest BCUT2D eigenvalue weighted by molar-refractivity contribution is 7.89. The molecule has 0 saturated carbocycles. The van der Waals surface area contributed by atoms with E-state index in [0.29, 0.717) is 5.56 Å². The summed E-state index contributed by atoms with van der Waals surface area (Å²) in [5.41, 5.74) is 0.601. The van der Waals surface area contributed by atoms with Gasteiger partial charge in [0.05, 0.1) is 4.90 Å². The summed E-state index contributed by atoms with van der Waals surface area (Å²) < 4.78 is 25.9. The zero-order valence-electron chi connectivity index (χ0n) is 13.8. The van der Waals surface area contributed by atoms with Gasteiger partial charge in [0.2, 0.25) is 10.0 Å². The maximum Gasteiger partial charge on any atom is 0.317 e. The Bertz CT molecular complexity index is 636. The van der Waals surface area contributed by atoms with Crippen molar-refractivity contribution < 1.29 is 13.2 Å². The summed E-state index contributed by atoms with van der Waals surface area (Å²) in [6.07, 6.45) is 4.37. The summed E-state index contributed by atoms with van der Waals surface area (Å²) in [6, 6.07) is 6.66. The van der Waals surface area contributed by atoms with Crippen LogP contribution in [0.5, 0.6) is 0 Å². The molecule has 0 atom stereocenters. The first kappa shape index (κ1) is 17.7. The number of carbonyl (C=O) groups excluding carboxylic acids is 1. The average molecular weight is 339 g/mol. The summed E-state index contributed by atoms with van der Waals surface area (Å²) in [6.45, 7) is 1.74. The summed E-state index contributed by atoms with van der Waals surface area (Å²) in [5.74, 6) is 0. The first-order chi connectivity index (χ1) is 10.9. The van der Waals surface area contributed by atoms with Gasteiger partial charge in [-0.3, -0.25) is 0 Å². The molecular formula is C16H25N3O3S. The van der Waals surface area contributed by atoms with Crippen LogP contribution in [0.1, 0.15) is 31.2 Å². The number of rotatable bonds is 4. The standard InChI is InChI=1S/C16H25N3O3S/c1-18(2)23(21,22)15-10-6-5-9-14(15)13-17-16(20)19-11-7-3-4-8-12-19/h5-6,9-10H,3-4,7-8,11-13H2,1-2H3,(H,17,20). The molecule has 0 radical (unpaired) electrons. The Kier molecular flexibility index (Phi) is 6.01. The summed E-state index contributed by atoms with van der Waals surface area (Å²) in [4.78, 5) is 14.3. The van der Waals surface area contributed by atoms with Crippen LogP contribution in [0.2, 0.25) is 0 Å². The Morgan fingerprint density at radius 2 is 1.74 bits per heavy atom. The van der Waals surface area contributed by atoms with Gasteiger partial charge in [0.25, 0.3) is 0 Å². The van der Waals surface area contributed by atoms with Gasteiger partial charge in [-0.1, -0.05) is 31.0 Å². The van der Waals surface area contributed by atoms with Gasteiger partial charge in [-0.2, -0.15) is 0 Å². The molecule has 23 heavy (non-hydrogen) atoms. The Balaban J connectivity index is 2.07. The van der Waals surface area contributed by atoms with Crippen LogP contribution in [0.3, 0.4) is 0 Å². The molecule has 1 heterocycles. The smallest absolute Gasteiger partial charge is 0.317 e. The van der Waals surface area contributed by atoms with Gasteiger partial charge in [0.15, 0.2) is 0 Å². The summed E-state index contributed by atoms with van der Waals surface area (Å²) in [7, 11) is -0.514. The lowest BCUT2D eigenvalue weighted by Gasteiger charge is -2.21. The Morgan fingerprint density at radius 3 is 2.35 bits per heavy atom. The van der Waals surface area contributed by atoms with E-state index in [2.05, 4.69) is 5.32 Å². The van der Waals surface area contributed by atoms with Crippen LogP contribution in [0.15, 0.2) is 29.2 Å². The van der Waals surface area contributed by atoms with Crippen molar-refractivity contribution in [2.45, 2.75) is 37.1 Å². The van der Waals surface area contributed by atoms with Crippen LogP contribution >= 0.6 is 0 Å². The van der Waals surface area contributed by atoms with E-state index >= 15 is 0 Å². The zero-order chi connectivity index (χ0) is 16.9. The van der Waals surface area contributed by atoms with E-state index in [1.165, 1.54) is 18.4 Å². The van der Waals surface area contributed by atoms with Crippen molar-refractivity contribution >= 4 is 16.1 Å². The van der Waals surface area contributed by atoms with Crippen LogP contribution in [0.25, 0.3) is 0 Å². The second-order valence-electron chi connectivity index (χ2n) is 5.96. The number of hydrogen-bond acceptors (Lipinski definition) is 3. The van der Waals surface area contributed by atoms with Gasteiger partial charge in [-0.15, -0.1) is 0 Å². The van der Waals surface area contributed by atoms with Gasteiger partial charge in [0, 0.05) is 33.7 Å². The molecule has 2 amide bonds. The molecule has 0 aliphatic carbocycles. The highest BCUT2D eigenvalue weighted by Gasteiger charge is 2.21. The molecule has 0 aromatic heterocycles. The lowest BCUT2D eigenvalue weighted by Crippen LogP contribution is -2.40. The number of benzene rings is 1. The third-order valence-corrected chi connectivity index (χ3v) is 5.97. The molecule has 1 aromatic rings. The average Bonchev–Trinajstić information content (AvgIpc) is 2.82. The Morgan fingerprint density at radius 1 is 1.13 bits per heavy atom. The third kappa shape index (κ3) is 4.45. The van der Waals surface area contributed by atoms with Crippen LogP contribution in [-0.4, -0.2) is 50.8 Å². The number of sulfonamides is 1. The van der Waals surface area contributed by atoms with Crippen LogP contribution in [0, 0.1) is 0 Å². The van der Waals surface area contributed by atoms with E-state index in [4.69, 9.17) is 0 Å². The first-order valence-electron chi connectivity index (χ1n) is 7.96. The number of nitrogens with zero attached hydrogens (tertiary/aromatic N) is 2. The fourth-order valence-electron chi connectivity index (χ4n) is 2.65. The Labute approximate surface area is 138 Å². The van der Waals surface area contributed by atoms with Crippen molar-refractivity contribution in [1.82, 2.24) is 14.5 Å². The molecule has 0 spiro atoms. The third-order valence-electron chi connectivity index (χ3n) is 4.05. The maximum atomic E-state index is 12.3. The summed E-state index contributed by atoms with van der Waals surface area (Å²) in [5, 5.41) is 2.85. The van der Waals surface area contributed by atoms with Crippen molar-refractivity contribution in [1.29, 1.82) is 0 Å². The minimum Gasteiger partial charge on any atom is -0.334 e. The number of likely N-dealkylation sites (tertiary alicyclic amines) is 1. The molecule has 1 fully saturated rings. The van der Waals surface area contributed by atoms with Crippen LogP contribution in [-0.2, 0) is 16.6 Å². The number of nitrogens with one attached hydrogen (secondary N) is 1. The molecule has 1 N–H and O–H groups in total. The SMILES string of the molecule is CN(C)S(=O)(=O)c1ccccc1CNC(=O)N1CCCCCC1. The molecule has 1 aliphatic heterocycles. The maximum absolute atomic E-state index is 12.3. The topological polar surface area (TPSA) is 69.7 Å². The van der Waals surface area contributed by atoms with E-state index < -0.39 is 10.0 Å². The van der Waals surface area contributed by atoms with Gasteiger partial charge in [-0.25, -0.2) is 17.5 Å². The van der Waals surface area contributed by atoms with E-state index in [-0.39, 0.29) is 17.5 Å². The number of urea groups is 1. The Hall–Kier alpha value is -1.60. The van der Waals surface area contributed by atoms with E-state index in [9.17, 15) is 13.2 Å². The summed E-state index contributed by atoms with van der Waals surface area (Å²) >= 11 is 0. The number of carbonyl (C=O) groups is 1. The number of hydrogen-bond donors (Lipinski definition) is 1. The molecule has 0 bridgehead atoms. The predicted octanol–water partition coefficient (Wildman–Crippen LogP) is 2.02. The van der Waals surface area contributed by atoms with Gasteiger partial charge in [-0.05, 0) is 24.5 Å². The second kappa shape index (κ2) is 7.79. The zero-order valence-corrected chi connectivity index (χ0v) is 14.6. The van der Waals surface area contributed by atoms with Crippen molar-refractivity contribution in [3.63, 3.8) is 0 Å². The van der Waals surface area contributed by atoms with Crippen molar-refractivity contribution in [3.05, 3.63) is 29.8 Å². The first-order valence-corrected chi connectivity index (χ1v) is 9.40. The highest BCUT2D eigenvalue weighted by atomic mass is 32.2. The van der Waals surface area contributed by atoms with Gasteiger partial charge >= 0.3 is 6.03 Å². The fourth-order valence-corrected chi connectivity index (χ4v) is 3.77. The molecule has 6 nitrogen and oxygen atoms in total. The molecule has 2 rings (SSSR count). The molecule has 1 aromatic carbocycles. The minimum absolute atomic E-state index is 0.121. The lowest BCUT2D eigenvalue weighted by molar-refractivity contribution is 0.199. The molecule has 128 valence electrons. The molecule has 1 aliphatic rings. The monoisotopic (exact) mass is 339 g/mol.